The SMILES string of the molecule is CCCCN(C)C(=O)CCNCCc1ccc(F)cc1. The Morgan fingerprint density at radius 1 is 1.25 bits per heavy atom. The minimum atomic E-state index is -0.206. The van der Waals surface area contributed by atoms with Gasteiger partial charge in [-0.05, 0) is 37.1 Å². The summed E-state index contributed by atoms with van der Waals surface area (Å²) in [6.45, 7) is 4.45. The van der Waals surface area contributed by atoms with Crippen molar-refractivity contribution in [3.05, 3.63) is 35.6 Å². The lowest BCUT2D eigenvalue weighted by Crippen LogP contribution is -2.31. The fourth-order valence-corrected chi connectivity index (χ4v) is 1.91. The summed E-state index contributed by atoms with van der Waals surface area (Å²) in [5, 5.41) is 3.25. The van der Waals surface area contributed by atoms with Crippen molar-refractivity contribution >= 4 is 5.91 Å². The van der Waals surface area contributed by atoms with Gasteiger partial charge in [0.05, 0.1) is 0 Å². The molecule has 0 aliphatic rings. The summed E-state index contributed by atoms with van der Waals surface area (Å²) in [5.41, 5.74) is 1.10. The van der Waals surface area contributed by atoms with E-state index in [0.717, 1.165) is 37.9 Å². The Bertz CT molecular complexity index is 392. The van der Waals surface area contributed by atoms with Gasteiger partial charge in [0, 0.05) is 26.6 Å². The van der Waals surface area contributed by atoms with Crippen LogP contribution in [0.15, 0.2) is 24.3 Å². The molecular formula is C16H25FN2O. The third kappa shape index (κ3) is 6.66. The Morgan fingerprint density at radius 3 is 2.60 bits per heavy atom. The molecular weight excluding hydrogens is 255 g/mol. The average molecular weight is 280 g/mol. The smallest absolute Gasteiger partial charge is 0.223 e. The lowest BCUT2D eigenvalue weighted by Gasteiger charge is -2.16. The zero-order valence-electron chi connectivity index (χ0n) is 12.5. The van der Waals surface area contributed by atoms with Crippen LogP contribution in [-0.4, -0.2) is 37.5 Å². The maximum atomic E-state index is 12.7. The first kappa shape index (κ1) is 16.6. The highest BCUT2D eigenvalue weighted by Gasteiger charge is 2.06. The Kier molecular flexibility index (Phi) is 7.88. The van der Waals surface area contributed by atoms with Gasteiger partial charge in [0.1, 0.15) is 5.82 Å². The number of amides is 1. The normalized spacial score (nSPS) is 10.6. The van der Waals surface area contributed by atoms with E-state index >= 15 is 0 Å². The first-order valence-corrected chi connectivity index (χ1v) is 7.32. The van der Waals surface area contributed by atoms with Crippen molar-refractivity contribution in [1.82, 2.24) is 10.2 Å². The number of unbranched alkanes of at least 4 members (excludes halogenated alkanes) is 1. The fraction of sp³-hybridized carbons (Fsp3) is 0.562. The van der Waals surface area contributed by atoms with E-state index in [-0.39, 0.29) is 11.7 Å². The van der Waals surface area contributed by atoms with Crippen molar-refractivity contribution in [2.75, 3.05) is 26.7 Å². The van der Waals surface area contributed by atoms with Crippen molar-refractivity contribution in [1.29, 1.82) is 0 Å². The van der Waals surface area contributed by atoms with E-state index in [4.69, 9.17) is 0 Å². The lowest BCUT2D eigenvalue weighted by atomic mass is 10.1. The summed E-state index contributed by atoms with van der Waals surface area (Å²) in [5.74, 6) is -0.0184. The Labute approximate surface area is 121 Å². The number of carbonyl (C=O) groups is 1. The molecule has 0 aliphatic heterocycles. The molecule has 0 aromatic heterocycles. The number of nitrogens with zero attached hydrogens (tertiary/aromatic N) is 1. The Hall–Kier alpha value is -1.42. The summed E-state index contributed by atoms with van der Waals surface area (Å²) in [4.78, 5) is 13.6. The second kappa shape index (κ2) is 9.48. The third-order valence-electron chi connectivity index (χ3n) is 3.29. The molecule has 0 radical (unpaired) electrons. The van der Waals surface area contributed by atoms with Gasteiger partial charge in [-0.15, -0.1) is 0 Å². The molecule has 0 atom stereocenters. The Balaban J connectivity index is 2.09. The van der Waals surface area contributed by atoms with E-state index in [1.807, 2.05) is 7.05 Å². The molecule has 0 bridgehead atoms. The lowest BCUT2D eigenvalue weighted by molar-refractivity contribution is -0.129. The van der Waals surface area contributed by atoms with E-state index in [0.29, 0.717) is 13.0 Å². The molecule has 0 heterocycles. The predicted octanol–water partition coefficient (Wildman–Crippen LogP) is 2.61. The number of hydrogen-bond acceptors (Lipinski definition) is 2. The number of carbonyl (C=O) groups excluding carboxylic acids is 1. The molecule has 1 amide bonds. The highest BCUT2D eigenvalue weighted by molar-refractivity contribution is 5.76. The van der Waals surface area contributed by atoms with Gasteiger partial charge >= 0.3 is 0 Å². The van der Waals surface area contributed by atoms with Crippen LogP contribution in [0.4, 0.5) is 4.39 Å². The molecule has 1 aromatic rings. The van der Waals surface area contributed by atoms with Crippen molar-refractivity contribution < 1.29 is 9.18 Å². The van der Waals surface area contributed by atoms with Crippen molar-refractivity contribution in [2.24, 2.45) is 0 Å². The molecule has 0 fully saturated rings. The van der Waals surface area contributed by atoms with E-state index in [1.54, 1.807) is 17.0 Å². The molecule has 0 spiro atoms. The minimum Gasteiger partial charge on any atom is -0.346 e. The van der Waals surface area contributed by atoms with Crippen LogP contribution in [0.5, 0.6) is 0 Å². The van der Waals surface area contributed by atoms with Crippen LogP contribution >= 0.6 is 0 Å². The molecule has 0 saturated heterocycles. The number of hydrogen-bond donors (Lipinski definition) is 1. The quantitative estimate of drug-likeness (QED) is 0.705. The van der Waals surface area contributed by atoms with Gasteiger partial charge in [-0.3, -0.25) is 4.79 Å². The van der Waals surface area contributed by atoms with Crippen LogP contribution in [0.2, 0.25) is 0 Å². The molecule has 0 unspecified atom stereocenters. The van der Waals surface area contributed by atoms with E-state index in [9.17, 15) is 9.18 Å². The van der Waals surface area contributed by atoms with Gasteiger partial charge in [-0.1, -0.05) is 25.5 Å². The maximum Gasteiger partial charge on any atom is 0.223 e. The number of benzene rings is 1. The first-order chi connectivity index (χ1) is 9.63. The molecule has 1 aromatic carbocycles. The largest absolute Gasteiger partial charge is 0.346 e. The van der Waals surface area contributed by atoms with E-state index in [2.05, 4.69) is 12.2 Å². The van der Waals surface area contributed by atoms with Gasteiger partial charge in [0.2, 0.25) is 5.91 Å². The predicted molar refractivity (Wildman–Crippen MR) is 80.1 cm³/mol. The summed E-state index contributed by atoms with van der Waals surface area (Å²) < 4.78 is 12.7. The van der Waals surface area contributed by atoms with Crippen molar-refractivity contribution in [2.45, 2.75) is 32.6 Å². The zero-order chi connectivity index (χ0) is 14.8. The Morgan fingerprint density at radius 2 is 1.95 bits per heavy atom. The number of halogens is 1. The summed E-state index contributed by atoms with van der Waals surface area (Å²) in [6.07, 6.45) is 3.54. The molecule has 20 heavy (non-hydrogen) atoms. The molecule has 0 aliphatic carbocycles. The second-order valence-corrected chi connectivity index (χ2v) is 5.05. The van der Waals surface area contributed by atoms with Crippen LogP contribution in [0.3, 0.4) is 0 Å². The zero-order valence-corrected chi connectivity index (χ0v) is 12.5. The fourth-order valence-electron chi connectivity index (χ4n) is 1.91. The van der Waals surface area contributed by atoms with Gasteiger partial charge in [0.25, 0.3) is 0 Å². The van der Waals surface area contributed by atoms with Crippen molar-refractivity contribution in [3.63, 3.8) is 0 Å². The highest BCUT2D eigenvalue weighted by atomic mass is 19.1. The van der Waals surface area contributed by atoms with Gasteiger partial charge in [0.15, 0.2) is 0 Å². The summed E-state index contributed by atoms with van der Waals surface area (Å²) in [6, 6.07) is 6.53. The maximum absolute atomic E-state index is 12.7. The van der Waals surface area contributed by atoms with Crippen LogP contribution in [0.1, 0.15) is 31.7 Å². The van der Waals surface area contributed by atoms with Crippen LogP contribution < -0.4 is 5.32 Å². The topological polar surface area (TPSA) is 32.3 Å². The van der Waals surface area contributed by atoms with E-state index < -0.39 is 0 Å². The van der Waals surface area contributed by atoms with Crippen LogP contribution in [0, 0.1) is 5.82 Å². The molecule has 4 heteroatoms. The number of nitrogens with one attached hydrogen (secondary N) is 1. The standard InChI is InChI=1S/C16H25FN2O/c1-3-4-13-19(2)16(20)10-12-18-11-9-14-5-7-15(17)8-6-14/h5-8,18H,3-4,9-13H2,1-2H3. The second-order valence-electron chi connectivity index (χ2n) is 5.05. The van der Waals surface area contributed by atoms with Crippen molar-refractivity contribution in [3.8, 4) is 0 Å². The molecule has 3 nitrogen and oxygen atoms in total. The number of rotatable bonds is 9. The molecule has 1 rings (SSSR count). The molecule has 1 N–H and O–H groups in total. The van der Waals surface area contributed by atoms with Gasteiger partial charge < -0.3 is 10.2 Å². The van der Waals surface area contributed by atoms with Crippen LogP contribution in [0.25, 0.3) is 0 Å². The average Bonchev–Trinajstić information content (AvgIpc) is 2.46. The van der Waals surface area contributed by atoms with Gasteiger partial charge in [-0.25, -0.2) is 4.39 Å². The monoisotopic (exact) mass is 280 g/mol. The van der Waals surface area contributed by atoms with Crippen LogP contribution in [-0.2, 0) is 11.2 Å². The van der Waals surface area contributed by atoms with Gasteiger partial charge in [-0.2, -0.15) is 0 Å². The highest BCUT2D eigenvalue weighted by Crippen LogP contribution is 2.02. The molecule has 112 valence electrons. The third-order valence-corrected chi connectivity index (χ3v) is 3.29. The molecule has 0 saturated carbocycles. The van der Waals surface area contributed by atoms with E-state index in [1.165, 1.54) is 12.1 Å². The minimum absolute atomic E-state index is 0.188. The summed E-state index contributed by atoms with van der Waals surface area (Å²) >= 11 is 0. The first-order valence-electron chi connectivity index (χ1n) is 7.32. The summed E-state index contributed by atoms with van der Waals surface area (Å²) in [7, 11) is 1.86.